The van der Waals surface area contributed by atoms with E-state index in [4.69, 9.17) is 0 Å². The summed E-state index contributed by atoms with van der Waals surface area (Å²) in [5, 5.41) is 11.2. The van der Waals surface area contributed by atoms with Crippen LogP contribution in [-0.4, -0.2) is 10.7 Å². The van der Waals surface area contributed by atoms with Gasteiger partial charge in [0.15, 0.2) is 0 Å². The molecule has 0 bridgehead atoms. The fourth-order valence-corrected chi connectivity index (χ4v) is 3.83. The molecule has 1 fully saturated rings. The Morgan fingerprint density at radius 1 is 1.14 bits per heavy atom. The van der Waals surface area contributed by atoms with E-state index in [0.717, 1.165) is 12.8 Å². The summed E-state index contributed by atoms with van der Waals surface area (Å²) in [5.41, 5.74) is 0.405. The van der Waals surface area contributed by atoms with Crippen molar-refractivity contribution in [1.82, 2.24) is 0 Å². The summed E-state index contributed by atoms with van der Waals surface area (Å²) in [7, 11) is 0. The zero-order chi connectivity index (χ0) is 15.3. The maximum Gasteiger partial charge on any atom is 0.0713 e. The number of aliphatic hydroxyl groups is 1. The Hall–Kier alpha value is -1.08. The van der Waals surface area contributed by atoms with Gasteiger partial charge in [-0.2, -0.15) is 0 Å². The molecule has 0 saturated heterocycles. The van der Waals surface area contributed by atoms with Crippen LogP contribution in [0.3, 0.4) is 0 Å². The van der Waals surface area contributed by atoms with Gasteiger partial charge in [-0.15, -0.1) is 6.58 Å². The predicted octanol–water partition coefficient (Wildman–Crippen LogP) is 5.14. The Morgan fingerprint density at radius 2 is 1.76 bits per heavy atom. The van der Waals surface area contributed by atoms with E-state index in [-0.39, 0.29) is 5.41 Å². The molecule has 1 heteroatoms. The van der Waals surface area contributed by atoms with Crippen LogP contribution in [0.2, 0.25) is 0 Å². The summed E-state index contributed by atoms with van der Waals surface area (Å²) in [6.45, 7) is 8.28. The van der Waals surface area contributed by atoms with Crippen LogP contribution in [0.1, 0.15) is 57.9 Å². The average molecular weight is 286 g/mol. The summed E-state index contributed by atoms with van der Waals surface area (Å²) in [4.78, 5) is 0. The van der Waals surface area contributed by atoms with Crippen molar-refractivity contribution in [2.75, 3.05) is 0 Å². The fraction of sp³-hybridized carbons (Fsp3) is 0.600. The lowest BCUT2D eigenvalue weighted by atomic mass is 9.60. The van der Waals surface area contributed by atoms with E-state index in [1.165, 1.54) is 37.7 Å². The van der Waals surface area contributed by atoms with Crippen molar-refractivity contribution < 1.29 is 5.11 Å². The highest BCUT2D eigenvalue weighted by Crippen LogP contribution is 2.48. The Kier molecular flexibility index (Phi) is 5.27. The normalized spacial score (nSPS) is 22.2. The highest BCUT2D eigenvalue weighted by atomic mass is 16.3. The van der Waals surface area contributed by atoms with Crippen LogP contribution in [0.5, 0.6) is 0 Å². The Balaban J connectivity index is 2.08. The topological polar surface area (TPSA) is 20.2 Å². The maximum absolute atomic E-state index is 11.2. The summed E-state index contributed by atoms with van der Waals surface area (Å²) in [6.07, 6.45) is 10.1. The second-order valence-corrected chi connectivity index (χ2v) is 7.08. The summed E-state index contributed by atoms with van der Waals surface area (Å²) >= 11 is 0. The number of hydrogen-bond donors (Lipinski definition) is 1. The summed E-state index contributed by atoms with van der Waals surface area (Å²) < 4.78 is 0. The van der Waals surface area contributed by atoms with Crippen LogP contribution in [0.4, 0.5) is 0 Å². The van der Waals surface area contributed by atoms with Crippen LogP contribution in [0, 0.1) is 11.3 Å². The zero-order valence-electron chi connectivity index (χ0n) is 13.6. The number of hydrogen-bond acceptors (Lipinski definition) is 1. The first-order chi connectivity index (χ1) is 9.99. The Morgan fingerprint density at radius 3 is 2.33 bits per heavy atom. The molecule has 0 heterocycles. The average Bonchev–Trinajstić information content (AvgIpc) is 2.54. The molecule has 1 aliphatic carbocycles. The molecule has 0 unspecified atom stereocenters. The predicted molar refractivity (Wildman–Crippen MR) is 90.3 cm³/mol. The summed E-state index contributed by atoms with van der Waals surface area (Å²) in [5.74, 6) is 0.564. The van der Waals surface area contributed by atoms with E-state index >= 15 is 0 Å². The lowest BCUT2D eigenvalue weighted by Gasteiger charge is -2.48. The first-order valence-electron chi connectivity index (χ1n) is 8.39. The molecule has 2 rings (SSSR count). The number of aryl methyl sites for hydroxylation is 1. The van der Waals surface area contributed by atoms with Crippen molar-refractivity contribution in [3.63, 3.8) is 0 Å². The highest BCUT2D eigenvalue weighted by molar-refractivity contribution is 5.16. The third kappa shape index (κ3) is 3.58. The van der Waals surface area contributed by atoms with Gasteiger partial charge in [0.1, 0.15) is 0 Å². The first-order valence-corrected chi connectivity index (χ1v) is 8.39. The van der Waals surface area contributed by atoms with Crippen molar-refractivity contribution in [1.29, 1.82) is 0 Å². The Bertz CT molecular complexity index is 442. The second kappa shape index (κ2) is 6.79. The molecule has 21 heavy (non-hydrogen) atoms. The van der Waals surface area contributed by atoms with Gasteiger partial charge in [-0.3, -0.25) is 0 Å². The van der Waals surface area contributed by atoms with Gasteiger partial charge < -0.3 is 5.11 Å². The molecule has 0 radical (unpaired) electrons. The second-order valence-electron chi connectivity index (χ2n) is 7.08. The van der Waals surface area contributed by atoms with Crippen LogP contribution < -0.4 is 0 Å². The fourth-order valence-electron chi connectivity index (χ4n) is 3.83. The van der Waals surface area contributed by atoms with Gasteiger partial charge in [0.25, 0.3) is 0 Å². The molecule has 2 atom stereocenters. The third-order valence-electron chi connectivity index (χ3n) is 5.78. The largest absolute Gasteiger partial charge is 0.389 e. The van der Waals surface area contributed by atoms with Gasteiger partial charge in [-0.25, -0.2) is 0 Å². The number of benzene rings is 1. The van der Waals surface area contributed by atoms with Crippen molar-refractivity contribution >= 4 is 0 Å². The van der Waals surface area contributed by atoms with Gasteiger partial charge in [-0.05, 0) is 44.1 Å². The lowest BCUT2D eigenvalue weighted by molar-refractivity contribution is -0.0777. The quantitative estimate of drug-likeness (QED) is 0.718. The minimum atomic E-state index is -0.702. The zero-order valence-corrected chi connectivity index (χ0v) is 13.6. The molecule has 1 aromatic rings. The molecule has 0 aliphatic heterocycles. The van der Waals surface area contributed by atoms with Crippen molar-refractivity contribution in [3.8, 4) is 0 Å². The maximum atomic E-state index is 11.2. The smallest absolute Gasteiger partial charge is 0.0713 e. The minimum absolute atomic E-state index is 0.192. The molecule has 116 valence electrons. The summed E-state index contributed by atoms with van der Waals surface area (Å²) in [6, 6.07) is 10.5. The lowest BCUT2D eigenvalue weighted by Crippen LogP contribution is -2.48. The SMILES string of the molecule is C=C[C@](C)(C1CCCCC1)[C@@](C)(O)CCc1ccccc1. The van der Waals surface area contributed by atoms with Crippen molar-refractivity contribution in [2.24, 2.45) is 11.3 Å². The molecule has 1 saturated carbocycles. The number of rotatable bonds is 6. The van der Waals surface area contributed by atoms with E-state index in [9.17, 15) is 5.11 Å². The third-order valence-corrected chi connectivity index (χ3v) is 5.78. The molecular weight excluding hydrogens is 256 g/mol. The molecule has 0 aromatic heterocycles. The first kappa shape index (κ1) is 16.3. The monoisotopic (exact) mass is 286 g/mol. The van der Waals surface area contributed by atoms with Crippen molar-refractivity contribution in [3.05, 3.63) is 48.6 Å². The van der Waals surface area contributed by atoms with Crippen LogP contribution in [0.25, 0.3) is 0 Å². The van der Waals surface area contributed by atoms with E-state index in [1.807, 2.05) is 19.1 Å². The van der Waals surface area contributed by atoms with Gasteiger partial charge in [-0.1, -0.05) is 62.6 Å². The molecule has 1 aromatic carbocycles. The van der Waals surface area contributed by atoms with Crippen LogP contribution in [-0.2, 0) is 6.42 Å². The van der Waals surface area contributed by atoms with Gasteiger partial charge in [0, 0.05) is 5.41 Å². The highest BCUT2D eigenvalue weighted by Gasteiger charge is 2.46. The van der Waals surface area contributed by atoms with E-state index in [1.54, 1.807) is 0 Å². The van der Waals surface area contributed by atoms with E-state index < -0.39 is 5.60 Å². The standard InChI is InChI=1S/C20H30O/c1-4-19(2,18-13-9-6-10-14-18)20(3,21)16-15-17-11-7-5-8-12-17/h4-5,7-8,11-12,18,21H,1,6,9-10,13-16H2,2-3H3/t19-,20+/m1/s1. The Labute approximate surface area is 130 Å². The molecule has 1 N–H and O–H groups in total. The molecule has 1 aliphatic rings. The molecule has 1 nitrogen and oxygen atoms in total. The van der Waals surface area contributed by atoms with Crippen LogP contribution in [0.15, 0.2) is 43.0 Å². The minimum Gasteiger partial charge on any atom is -0.389 e. The molecule has 0 amide bonds. The van der Waals surface area contributed by atoms with Crippen molar-refractivity contribution in [2.45, 2.75) is 64.4 Å². The van der Waals surface area contributed by atoms with E-state index in [0.29, 0.717) is 5.92 Å². The van der Waals surface area contributed by atoms with E-state index in [2.05, 4.69) is 37.8 Å². The van der Waals surface area contributed by atoms with Gasteiger partial charge in [0.2, 0.25) is 0 Å². The van der Waals surface area contributed by atoms with Gasteiger partial charge in [0.05, 0.1) is 5.60 Å². The van der Waals surface area contributed by atoms with Crippen LogP contribution >= 0.6 is 0 Å². The molecule has 0 spiro atoms. The molecular formula is C20H30O. The van der Waals surface area contributed by atoms with Gasteiger partial charge >= 0.3 is 0 Å².